The van der Waals surface area contributed by atoms with Crippen LogP contribution in [0.15, 0.2) is 20.9 Å². The lowest BCUT2D eigenvalue weighted by atomic mass is 9.93. The fourth-order valence-corrected chi connectivity index (χ4v) is 5.39. The van der Waals surface area contributed by atoms with Gasteiger partial charge in [0.2, 0.25) is 5.91 Å². The summed E-state index contributed by atoms with van der Waals surface area (Å²) in [5, 5.41) is 2.95. The maximum Gasteiger partial charge on any atom is 0.233 e. The number of thiophene rings is 1. The van der Waals surface area contributed by atoms with Crippen LogP contribution < -0.4 is 0 Å². The van der Waals surface area contributed by atoms with Crippen LogP contribution in [0.25, 0.3) is 11.3 Å². The van der Waals surface area contributed by atoms with Gasteiger partial charge in [-0.15, -0.1) is 23.1 Å². The first kappa shape index (κ1) is 17.8. The van der Waals surface area contributed by atoms with E-state index in [4.69, 9.17) is 4.98 Å². The number of hydrogen-bond acceptors (Lipinski definition) is 6. The van der Waals surface area contributed by atoms with Gasteiger partial charge < -0.3 is 4.90 Å². The van der Waals surface area contributed by atoms with Crippen LogP contribution in [0.5, 0.6) is 0 Å². The van der Waals surface area contributed by atoms with E-state index >= 15 is 0 Å². The summed E-state index contributed by atoms with van der Waals surface area (Å²) in [6.07, 6.45) is 6.11. The SMILES string of the molecule is CCN(CC)C(=O)CSc1ncc2c(n1)-c1c(csc1SC)CC2. The Morgan fingerprint density at radius 1 is 1.29 bits per heavy atom. The second-order valence-corrected chi connectivity index (χ2v) is 8.41. The van der Waals surface area contributed by atoms with Crippen LogP contribution in [0, 0.1) is 0 Å². The van der Waals surface area contributed by atoms with Gasteiger partial charge in [0.15, 0.2) is 5.16 Å². The number of fused-ring (bicyclic) bond motifs is 3. The monoisotopic (exact) mass is 379 g/mol. The topological polar surface area (TPSA) is 46.1 Å². The van der Waals surface area contributed by atoms with Gasteiger partial charge in [-0.25, -0.2) is 9.97 Å². The van der Waals surface area contributed by atoms with Crippen LogP contribution in [0.4, 0.5) is 0 Å². The summed E-state index contributed by atoms with van der Waals surface area (Å²) in [5.41, 5.74) is 4.96. The van der Waals surface area contributed by atoms with Crippen LogP contribution in [0.1, 0.15) is 25.0 Å². The lowest BCUT2D eigenvalue weighted by molar-refractivity contribution is -0.127. The van der Waals surface area contributed by atoms with E-state index in [9.17, 15) is 4.79 Å². The number of rotatable bonds is 6. The molecule has 0 radical (unpaired) electrons. The summed E-state index contributed by atoms with van der Waals surface area (Å²) in [5.74, 6) is 0.541. The average molecular weight is 380 g/mol. The fraction of sp³-hybridized carbons (Fsp3) is 0.471. The zero-order valence-electron chi connectivity index (χ0n) is 14.2. The van der Waals surface area contributed by atoms with Gasteiger partial charge in [0.25, 0.3) is 0 Å². The molecule has 1 amide bonds. The van der Waals surface area contributed by atoms with Crippen molar-refractivity contribution >= 4 is 40.8 Å². The highest BCUT2D eigenvalue weighted by Gasteiger charge is 2.23. The molecule has 0 bridgehead atoms. The van der Waals surface area contributed by atoms with Crippen molar-refractivity contribution in [2.45, 2.75) is 36.1 Å². The quantitative estimate of drug-likeness (QED) is 0.561. The molecule has 7 heteroatoms. The van der Waals surface area contributed by atoms with Gasteiger partial charge in [-0.2, -0.15) is 0 Å². The van der Waals surface area contributed by atoms with Crippen molar-refractivity contribution in [3.05, 3.63) is 22.7 Å². The van der Waals surface area contributed by atoms with Gasteiger partial charge >= 0.3 is 0 Å². The van der Waals surface area contributed by atoms with Crippen LogP contribution >= 0.6 is 34.9 Å². The van der Waals surface area contributed by atoms with Gasteiger partial charge in [-0.05, 0) is 49.5 Å². The van der Waals surface area contributed by atoms with Gasteiger partial charge in [0.05, 0.1) is 15.7 Å². The summed E-state index contributed by atoms with van der Waals surface area (Å²) in [6, 6.07) is 0. The Morgan fingerprint density at radius 2 is 2.04 bits per heavy atom. The first-order valence-electron chi connectivity index (χ1n) is 8.09. The molecule has 0 atom stereocenters. The zero-order chi connectivity index (χ0) is 17.1. The van der Waals surface area contributed by atoms with Gasteiger partial charge in [-0.3, -0.25) is 4.79 Å². The third-order valence-electron chi connectivity index (χ3n) is 4.20. The van der Waals surface area contributed by atoms with E-state index in [0.717, 1.165) is 31.6 Å². The lowest BCUT2D eigenvalue weighted by Gasteiger charge is -2.19. The molecule has 0 saturated heterocycles. The molecule has 0 aliphatic heterocycles. The van der Waals surface area contributed by atoms with E-state index in [-0.39, 0.29) is 5.91 Å². The van der Waals surface area contributed by atoms with Crippen molar-refractivity contribution in [2.24, 2.45) is 0 Å². The third kappa shape index (κ3) is 3.48. The van der Waals surface area contributed by atoms with E-state index < -0.39 is 0 Å². The normalized spacial score (nSPS) is 12.6. The zero-order valence-corrected chi connectivity index (χ0v) is 16.6. The molecule has 24 heavy (non-hydrogen) atoms. The minimum atomic E-state index is 0.146. The maximum absolute atomic E-state index is 12.2. The van der Waals surface area contributed by atoms with Crippen molar-refractivity contribution < 1.29 is 4.79 Å². The number of thioether (sulfide) groups is 2. The van der Waals surface area contributed by atoms with E-state index in [1.807, 2.05) is 24.9 Å². The molecule has 0 saturated carbocycles. The highest BCUT2D eigenvalue weighted by molar-refractivity contribution is 8.00. The number of amides is 1. The Kier molecular flexibility index (Phi) is 5.84. The number of aromatic nitrogens is 2. The Morgan fingerprint density at radius 3 is 2.75 bits per heavy atom. The Bertz CT molecular complexity index is 727. The maximum atomic E-state index is 12.2. The molecule has 2 aromatic rings. The summed E-state index contributed by atoms with van der Waals surface area (Å²) < 4.78 is 1.32. The van der Waals surface area contributed by atoms with Crippen LogP contribution in [-0.4, -0.2) is 45.9 Å². The first-order valence-corrected chi connectivity index (χ1v) is 11.2. The summed E-state index contributed by atoms with van der Waals surface area (Å²) in [7, 11) is 0. The molecule has 2 aromatic heterocycles. The van der Waals surface area contributed by atoms with Gasteiger partial charge in [0.1, 0.15) is 0 Å². The summed E-state index contributed by atoms with van der Waals surface area (Å²) in [6.45, 7) is 5.50. The Labute approximate surface area is 155 Å². The molecule has 0 N–H and O–H groups in total. The predicted molar refractivity (Wildman–Crippen MR) is 103 cm³/mol. The molecular formula is C17H21N3OS3. The minimum Gasteiger partial charge on any atom is -0.343 e. The average Bonchev–Trinajstić information content (AvgIpc) is 3.04. The molecule has 1 aliphatic rings. The first-order chi connectivity index (χ1) is 11.7. The second kappa shape index (κ2) is 7.89. The molecule has 4 nitrogen and oxygen atoms in total. The van der Waals surface area contributed by atoms with Crippen molar-refractivity contribution in [1.82, 2.24) is 14.9 Å². The minimum absolute atomic E-state index is 0.146. The van der Waals surface area contributed by atoms with Crippen molar-refractivity contribution in [3.8, 4) is 11.3 Å². The smallest absolute Gasteiger partial charge is 0.233 e. The van der Waals surface area contributed by atoms with Crippen molar-refractivity contribution in [3.63, 3.8) is 0 Å². The molecule has 2 heterocycles. The standard InChI is InChI=1S/C17H21N3OS3/c1-4-20(5-2)13(21)10-24-17-18-8-11-6-7-12-9-23-16(22-3)14(12)15(11)19-17/h8-9H,4-7,10H2,1-3H3. The number of nitrogens with zero attached hydrogens (tertiary/aromatic N) is 3. The van der Waals surface area contributed by atoms with Crippen LogP contribution in [0.2, 0.25) is 0 Å². The third-order valence-corrected chi connectivity index (χ3v) is 7.23. The van der Waals surface area contributed by atoms with Gasteiger partial charge in [0, 0.05) is 24.8 Å². The number of aryl methyl sites for hydroxylation is 2. The summed E-state index contributed by atoms with van der Waals surface area (Å²) >= 11 is 5.01. The molecule has 0 unspecified atom stereocenters. The summed E-state index contributed by atoms with van der Waals surface area (Å²) in [4.78, 5) is 23.3. The highest BCUT2D eigenvalue weighted by Crippen LogP contribution is 2.42. The molecular weight excluding hydrogens is 358 g/mol. The van der Waals surface area contributed by atoms with Crippen LogP contribution in [-0.2, 0) is 17.6 Å². The van der Waals surface area contributed by atoms with E-state index in [1.165, 1.54) is 32.7 Å². The second-order valence-electron chi connectivity index (χ2n) is 5.51. The Balaban J connectivity index is 1.81. The van der Waals surface area contributed by atoms with E-state index in [2.05, 4.69) is 16.6 Å². The fourth-order valence-electron chi connectivity index (χ4n) is 2.88. The Hall–Kier alpha value is -1.05. The van der Waals surface area contributed by atoms with E-state index in [0.29, 0.717) is 10.9 Å². The number of hydrogen-bond donors (Lipinski definition) is 0. The largest absolute Gasteiger partial charge is 0.343 e. The molecule has 128 valence electrons. The van der Waals surface area contributed by atoms with E-state index in [1.54, 1.807) is 23.1 Å². The lowest BCUT2D eigenvalue weighted by Crippen LogP contribution is -2.31. The highest BCUT2D eigenvalue weighted by atomic mass is 32.2. The van der Waals surface area contributed by atoms with Crippen molar-refractivity contribution in [1.29, 1.82) is 0 Å². The van der Waals surface area contributed by atoms with Crippen molar-refractivity contribution in [2.75, 3.05) is 25.1 Å². The molecule has 0 spiro atoms. The number of carbonyl (C=O) groups is 1. The predicted octanol–water partition coefficient (Wildman–Crippen LogP) is 3.99. The van der Waals surface area contributed by atoms with Gasteiger partial charge in [-0.1, -0.05) is 11.8 Å². The molecule has 0 fully saturated rings. The number of carbonyl (C=O) groups excluding carboxylic acids is 1. The molecule has 0 aromatic carbocycles. The molecule has 3 rings (SSSR count). The molecule has 1 aliphatic carbocycles. The van der Waals surface area contributed by atoms with Crippen LogP contribution in [0.3, 0.4) is 0 Å².